The van der Waals surface area contributed by atoms with Crippen LogP contribution in [-0.4, -0.2) is 45.1 Å². The number of piperidine rings is 1. The van der Waals surface area contributed by atoms with Crippen molar-refractivity contribution in [2.75, 3.05) is 18.4 Å². The Kier molecular flexibility index (Phi) is 5.31. The van der Waals surface area contributed by atoms with Crippen molar-refractivity contribution in [3.8, 4) is 0 Å². The minimum Gasteiger partial charge on any atom is -0.367 e. The molecule has 0 aromatic carbocycles. The average molecular weight is 343 g/mol. The number of pyridine rings is 1. The van der Waals surface area contributed by atoms with Gasteiger partial charge in [-0.2, -0.15) is 4.98 Å². The Balaban J connectivity index is 1.76. The van der Waals surface area contributed by atoms with E-state index >= 15 is 0 Å². The summed E-state index contributed by atoms with van der Waals surface area (Å²) >= 11 is 0. The summed E-state index contributed by atoms with van der Waals surface area (Å²) in [6.45, 7) is 7.39. The number of carbonyl (C=O) groups excluding carboxylic acids is 1. The molecule has 2 aromatic rings. The molecule has 0 bridgehead atoms. The second kappa shape index (κ2) is 7.63. The van der Waals surface area contributed by atoms with E-state index in [1.807, 2.05) is 31.7 Å². The van der Waals surface area contributed by atoms with Crippen LogP contribution >= 0.6 is 0 Å². The standard InChI is InChI=1S/C18H25N5O2/c1-4-15-21-16(22-25-15)13-7-6-10-23(11-13)18(24)14-8-5-9-19-17(14)20-12(2)3/h5,8-9,12-13H,4,6-7,10-11H2,1-3H3,(H,19,20)/t13-/m0/s1. The molecule has 1 aliphatic heterocycles. The van der Waals surface area contributed by atoms with E-state index in [9.17, 15) is 4.79 Å². The lowest BCUT2D eigenvalue weighted by Crippen LogP contribution is -2.39. The van der Waals surface area contributed by atoms with Gasteiger partial charge in [-0.15, -0.1) is 0 Å². The van der Waals surface area contributed by atoms with Gasteiger partial charge in [0.25, 0.3) is 5.91 Å². The van der Waals surface area contributed by atoms with E-state index in [1.54, 1.807) is 12.3 Å². The molecule has 25 heavy (non-hydrogen) atoms. The molecule has 1 amide bonds. The van der Waals surface area contributed by atoms with E-state index in [0.29, 0.717) is 29.6 Å². The molecule has 3 rings (SSSR count). The SMILES string of the molecule is CCc1nc([C@H]2CCCN(C(=O)c3cccnc3NC(C)C)C2)no1. The third-order valence-electron chi connectivity index (χ3n) is 4.32. The molecule has 1 aliphatic rings. The van der Waals surface area contributed by atoms with Crippen LogP contribution in [0.4, 0.5) is 5.82 Å². The van der Waals surface area contributed by atoms with Crippen molar-refractivity contribution < 1.29 is 9.32 Å². The van der Waals surface area contributed by atoms with Gasteiger partial charge in [0.15, 0.2) is 5.82 Å². The van der Waals surface area contributed by atoms with Gasteiger partial charge in [-0.25, -0.2) is 4.98 Å². The van der Waals surface area contributed by atoms with Crippen molar-refractivity contribution in [3.63, 3.8) is 0 Å². The number of hydrogen-bond acceptors (Lipinski definition) is 6. The Labute approximate surface area is 147 Å². The molecule has 3 heterocycles. The zero-order chi connectivity index (χ0) is 17.8. The van der Waals surface area contributed by atoms with Crippen molar-refractivity contribution in [2.24, 2.45) is 0 Å². The predicted octanol–water partition coefficient (Wildman–Crippen LogP) is 2.87. The third-order valence-corrected chi connectivity index (χ3v) is 4.32. The summed E-state index contributed by atoms with van der Waals surface area (Å²) < 4.78 is 5.23. The first-order valence-corrected chi connectivity index (χ1v) is 8.91. The molecule has 0 radical (unpaired) electrons. The van der Waals surface area contributed by atoms with Crippen molar-refractivity contribution in [3.05, 3.63) is 35.6 Å². The summed E-state index contributed by atoms with van der Waals surface area (Å²) in [6.07, 6.45) is 4.32. The molecule has 0 unspecified atom stereocenters. The quantitative estimate of drug-likeness (QED) is 0.898. The third kappa shape index (κ3) is 3.97. The fourth-order valence-electron chi connectivity index (χ4n) is 3.09. The first kappa shape index (κ1) is 17.4. The van der Waals surface area contributed by atoms with Gasteiger partial charge < -0.3 is 14.7 Å². The summed E-state index contributed by atoms with van der Waals surface area (Å²) in [4.78, 5) is 23.7. The van der Waals surface area contributed by atoms with Crippen molar-refractivity contribution in [1.29, 1.82) is 0 Å². The van der Waals surface area contributed by atoms with E-state index in [2.05, 4.69) is 20.4 Å². The van der Waals surface area contributed by atoms with E-state index in [0.717, 1.165) is 25.8 Å². The van der Waals surface area contributed by atoms with E-state index in [-0.39, 0.29) is 17.9 Å². The normalized spacial score (nSPS) is 17.8. The van der Waals surface area contributed by atoms with E-state index in [1.165, 1.54) is 0 Å². The molecular formula is C18H25N5O2. The lowest BCUT2D eigenvalue weighted by atomic mass is 9.96. The summed E-state index contributed by atoms with van der Waals surface area (Å²) in [5.74, 6) is 2.12. The number of amides is 1. The molecule has 7 nitrogen and oxygen atoms in total. The Morgan fingerprint density at radius 1 is 1.48 bits per heavy atom. The molecule has 1 fully saturated rings. The maximum Gasteiger partial charge on any atom is 0.257 e. The molecular weight excluding hydrogens is 318 g/mol. The lowest BCUT2D eigenvalue weighted by molar-refractivity contribution is 0.0704. The van der Waals surface area contributed by atoms with Crippen LogP contribution in [0, 0.1) is 0 Å². The van der Waals surface area contributed by atoms with Gasteiger partial charge in [0, 0.05) is 37.7 Å². The molecule has 1 saturated heterocycles. The smallest absolute Gasteiger partial charge is 0.257 e. The summed E-state index contributed by atoms with van der Waals surface area (Å²) in [7, 11) is 0. The zero-order valence-corrected chi connectivity index (χ0v) is 15.0. The summed E-state index contributed by atoms with van der Waals surface area (Å²) in [6, 6.07) is 3.84. The number of aryl methyl sites for hydroxylation is 1. The Morgan fingerprint density at radius 2 is 2.32 bits per heavy atom. The second-order valence-corrected chi connectivity index (χ2v) is 6.69. The van der Waals surface area contributed by atoms with Gasteiger partial charge in [-0.1, -0.05) is 12.1 Å². The van der Waals surface area contributed by atoms with Gasteiger partial charge in [0.05, 0.1) is 5.56 Å². The van der Waals surface area contributed by atoms with Crippen LogP contribution in [0.2, 0.25) is 0 Å². The van der Waals surface area contributed by atoms with Crippen LogP contribution in [0.1, 0.15) is 61.6 Å². The molecule has 1 N–H and O–H groups in total. The first-order valence-electron chi connectivity index (χ1n) is 8.91. The van der Waals surface area contributed by atoms with Gasteiger partial charge in [0.1, 0.15) is 5.82 Å². The molecule has 7 heteroatoms. The highest BCUT2D eigenvalue weighted by atomic mass is 16.5. The zero-order valence-electron chi connectivity index (χ0n) is 15.0. The molecule has 134 valence electrons. The maximum absolute atomic E-state index is 13.0. The van der Waals surface area contributed by atoms with Crippen molar-refractivity contribution in [1.82, 2.24) is 20.0 Å². The summed E-state index contributed by atoms with van der Waals surface area (Å²) in [5.41, 5.74) is 0.610. The number of nitrogens with zero attached hydrogens (tertiary/aromatic N) is 4. The lowest BCUT2D eigenvalue weighted by Gasteiger charge is -2.31. The Morgan fingerprint density at radius 3 is 3.04 bits per heavy atom. The molecule has 1 atom stereocenters. The minimum absolute atomic E-state index is 0.000148. The number of anilines is 1. The number of nitrogens with one attached hydrogen (secondary N) is 1. The largest absolute Gasteiger partial charge is 0.367 e. The fourth-order valence-corrected chi connectivity index (χ4v) is 3.09. The minimum atomic E-state index is 0.000148. The van der Waals surface area contributed by atoms with Crippen LogP contribution in [0.5, 0.6) is 0 Å². The molecule has 0 aliphatic carbocycles. The van der Waals surface area contributed by atoms with Gasteiger partial charge in [0.2, 0.25) is 5.89 Å². The van der Waals surface area contributed by atoms with Gasteiger partial charge >= 0.3 is 0 Å². The number of likely N-dealkylation sites (tertiary alicyclic amines) is 1. The number of hydrogen-bond donors (Lipinski definition) is 1. The topological polar surface area (TPSA) is 84.2 Å². The van der Waals surface area contributed by atoms with Gasteiger partial charge in [-0.05, 0) is 38.8 Å². The highest BCUT2D eigenvalue weighted by Gasteiger charge is 2.29. The van der Waals surface area contributed by atoms with Crippen LogP contribution in [0.25, 0.3) is 0 Å². The number of aromatic nitrogens is 3. The Hall–Kier alpha value is -2.44. The average Bonchev–Trinajstić information content (AvgIpc) is 3.10. The second-order valence-electron chi connectivity index (χ2n) is 6.69. The van der Waals surface area contributed by atoms with Crippen molar-refractivity contribution >= 4 is 11.7 Å². The number of carbonyl (C=O) groups is 1. The van der Waals surface area contributed by atoms with Crippen LogP contribution < -0.4 is 5.32 Å². The van der Waals surface area contributed by atoms with E-state index < -0.39 is 0 Å². The highest BCUT2D eigenvalue weighted by Crippen LogP contribution is 2.27. The predicted molar refractivity (Wildman–Crippen MR) is 94.6 cm³/mol. The highest BCUT2D eigenvalue weighted by molar-refractivity contribution is 5.98. The monoisotopic (exact) mass is 343 g/mol. The van der Waals surface area contributed by atoms with Crippen LogP contribution in [0.3, 0.4) is 0 Å². The molecule has 0 spiro atoms. The van der Waals surface area contributed by atoms with Crippen molar-refractivity contribution in [2.45, 2.75) is 52.0 Å². The van der Waals surface area contributed by atoms with Crippen LogP contribution in [-0.2, 0) is 6.42 Å². The molecule has 2 aromatic heterocycles. The first-order chi connectivity index (χ1) is 12.1. The van der Waals surface area contributed by atoms with Gasteiger partial charge in [-0.3, -0.25) is 4.79 Å². The van der Waals surface area contributed by atoms with Crippen LogP contribution in [0.15, 0.2) is 22.9 Å². The maximum atomic E-state index is 13.0. The van der Waals surface area contributed by atoms with E-state index in [4.69, 9.17) is 4.52 Å². The number of rotatable bonds is 5. The summed E-state index contributed by atoms with van der Waals surface area (Å²) in [5, 5.41) is 7.33. The molecule has 0 saturated carbocycles. The Bertz CT molecular complexity index is 728. The fraction of sp³-hybridized carbons (Fsp3) is 0.556.